The van der Waals surface area contributed by atoms with E-state index in [1.165, 1.54) is 10.2 Å². The van der Waals surface area contributed by atoms with E-state index in [2.05, 4.69) is 45.4 Å². The van der Waals surface area contributed by atoms with Crippen molar-refractivity contribution in [3.8, 4) is 0 Å². The summed E-state index contributed by atoms with van der Waals surface area (Å²) in [5, 5.41) is 16.1. The fourth-order valence-corrected chi connectivity index (χ4v) is 2.45. The highest BCUT2D eigenvalue weighted by molar-refractivity contribution is 9.10. The molecule has 0 bridgehead atoms. The van der Waals surface area contributed by atoms with Crippen molar-refractivity contribution >= 4 is 21.6 Å². The molecule has 2 aromatic rings. The first-order chi connectivity index (χ1) is 10.1. The average molecular weight is 352 g/mol. The molecule has 1 heterocycles. The van der Waals surface area contributed by atoms with E-state index in [9.17, 15) is 4.79 Å². The summed E-state index contributed by atoms with van der Waals surface area (Å²) in [6.45, 7) is 2.90. The Labute approximate surface area is 131 Å². The number of nitrogens with one attached hydrogen (secondary N) is 1. The molecule has 1 aromatic heterocycles. The molecule has 0 saturated carbocycles. The second kappa shape index (κ2) is 7.38. The molecule has 0 aliphatic heterocycles. The highest BCUT2D eigenvalue weighted by atomic mass is 79.9. The molecule has 2 rings (SSSR count). The maximum Gasteiger partial charge on any atom is 0.283 e. The van der Waals surface area contributed by atoms with Crippen LogP contribution in [0.1, 0.15) is 18.4 Å². The van der Waals surface area contributed by atoms with Crippen LogP contribution in [0.5, 0.6) is 0 Å². The van der Waals surface area contributed by atoms with E-state index >= 15 is 0 Å². The first-order valence-electron chi connectivity index (χ1n) is 6.78. The van der Waals surface area contributed by atoms with Gasteiger partial charge >= 0.3 is 0 Å². The maximum atomic E-state index is 12.0. The normalized spacial score (nSPS) is 12.1. The third kappa shape index (κ3) is 3.92. The lowest BCUT2D eigenvalue weighted by molar-refractivity contribution is 0.266. The van der Waals surface area contributed by atoms with Crippen LogP contribution in [0.3, 0.4) is 0 Å². The zero-order chi connectivity index (χ0) is 15.2. The lowest BCUT2D eigenvalue weighted by atomic mass is 10.0. The van der Waals surface area contributed by atoms with Crippen molar-refractivity contribution in [3.05, 3.63) is 56.9 Å². The fraction of sp³-hybridized carbons (Fsp3) is 0.333. The number of nitrogens with zero attached hydrogens (tertiary/aromatic N) is 2. The Balaban J connectivity index is 2.07. The largest absolute Gasteiger partial charge is 0.394 e. The van der Waals surface area contributed by atoms with Crippen molar-refractivity contribution in [2.45, 2.75) is 19.4 Å². The molecule has 1 aromatic carbocycles. The van der Waals surface area contributed by atoms with E-state index in [0.29, 0.717) is 22.6 Å². The van der Waals surface area contributed by atoms with Crippen LogP contribution in [0.15, 0.2) is 45.8 Å². The first-order valence-corrected chi connectivity index (χ1v) is 7.58. The summed E-state index contributed by atoms with van der Waals surface area (Å²) in [5.74, 6) is 0.318. The highest BCUT2D eigenvalue weighted by Gasteiger charge is 2.10. The quantitative estimate of drug-likeness (QED) is 0.837. The molecule has 0 fully saturated rings. The van der Waals surface area contributed by atoms with Crippen molar-refractivity contribution in [2.24, 2.45) is 0 Å². The van der Waals surface area contributed by atoms with Gasteiger partial charge in [0.1, 0.15) is 4.47 Å². The molecule has 0 spiro atoms. The van der Waals surface area contributed by atoms with Crippen LogP contribution >= 0.6 is 15.9 Å². The third-order valence-corrected chi connectivity index (χ3v) is 4.03. The molecule has 1 unspecified atom stereocenters. The van der Waals surface area contributed by atoms with E-state index in [0.717, 1.165) is 0 Å². The van der Waals surface area contributed by atoms with Gasteiger partial charge in [0.25, 0.3) is 5.56 Å². The zero-order valence-corrected chi connectivity index (χ0v) is 13.4. The Kier molecular flexibility index (Phi) is 5.52. The van der Waals surface area contributed by atoms with Crippen molar-refractivity contribution in [1.29, 1.82) is 0 Å². The molecule has 6 heteroatoms. The van der Waals surface area contributed by atoms with Crippen LogP contribution in [-0.4, -0.2) is 28.0 Å². The summed E-state index contributed by atoms with van der Waals surface area (Å²) in [6.07, 6.45) is 1.60. The van der Waals surface area contributed by atoms with E-state index in [1.807, 2.05) is 18.2 Å². The summed E-state index contributed by atoms with van der Waals surface area (Å²) >= 11 is 3.29. The van der Waals surface area contributed by atoms with Crippen LogP contribution in [-0.2, 0) is 6.54 Å². The van der Waals surface area contributed by atoms with E-state index in [-0.39, 0.29) is 18.7 Å². The summed E-state index contributed by atoms with van der Waals surface area (Å²) in [6, 6.07) is 10.2. The van der Waals surface area contributed by atoms with Crippen LogP contribution in [0.2, 0.25) is 0 Å². The predicted molar refractivity (Wildman–Crippen MR) is 86.6 cm³/mol. The topological polar surface area (TPSA) is 67.2 Å². The molecular weight excluding hydrogens is 334 g/mol. The lowest BCUT2D eigenvalue weighted by Crippen LogP contribution is -2.26. The number of benzene rings is 1. The summed E-state index contributed by atoms with van der Waals surface area (Å²) < 4.78 is 1.67. The summed E-state index contributed by atoms with van der Waals surface area (Å²) in [7, 11) is 0. The van der Waals surface area contributed by atoms with Gasteiger partial charge < -0.3 is 10.4 Å². The number of anilines is 1. The van der Waals surface area contributed by atoms with Crippen molar-refractivity contribution in [2.75, 3.05) is 18.5 Å². The average Bonchev–Trinajstić information content (AvgIpc) is 2.52. The maximum absolute atomic E-state index is 12.0. The third-order valence-electron chi connectivity index (χ3n) is 3.26. The van der Waals surface area contributed by atoms with Gasteiger partial charge in [-0.2, -0.15) is 5.10 Å². The van der Waals surface area contributed by atoms with E-state index in [4.69, 9.17) is 5.11 Å². The molecule has 21 heavy (non-hydrogen) atoms. The van der Waals surface area contributed by atoms with Crippen LogP contribution < -0.4 is 10.9 Å². The van der Waals surface area contributed by atoms with Gasteiger partial charge in [-0.1, -0.05) is 37.3 Å². The minimum Gasteiger partial charge on any atom is -0.394 e. The van der Waals surface area contributed by atoms with Gasteiger partial charge in [-0.3, -0.25) is 4.79 Å². The molecule has 5 nitrogen and oxygen atoms in total. The summed E-state index contributed by atoms with van der Waals surface area (Å²) in [5.41, 5.74) is 1.65. The zero-order valence-electron chi connectivity index (χ0n) is 11.8. The number of aliphatic hydroxyl groups is 1. The Morgan fingerprint density at radius 2 is 2.10 bits per heavy atom. The smallest absolute Gasteiger partial charge is 0.283 e. The molecule has 0 saturated heterocycles. The molecular formula is C15H18BrN3O2. The number of aliphatic hydroxyl groups excluding tert-OH is 1. The minimum atomic E-state index is -0.249. The van der Waals surface area contributed by atoms with Gasteiger partial charge in [-0.25, -0.2) is 4.68 Å². The lowest BCUT2D eigenvalue weighted by Gasteiger charge is -2.15. The van der Waals surface area contributed by atoms with Crippen LogP contribution in [0, 0.1) is 0 Å². The molecule has 1 atom stereocenters. The second-order valence-corrected chi connectivity index (χ2v) is 5.61. The standard InChI is InChI=1S/C15H18BrN3O2/c1-11(12-5-3-2-4-6-12)9-17-13-10-18-19(7-8-20)15(21)14(13)16/h2-6,10-11,17,20H,7-9H2,1H3. The van der Waals surface area contributed by atoms with Gasteiger partial charge in [0.15, 0.2) is 0 Å². The molecule has 0 aliphatic carbocycles. The Morgan fingerprint density at radius 1 is 1.38 bits per heavy atom. The van der Waals surface area contributed by atoms with Gasteiger partial charge in [0.2, 0.25) is 0 Å². The molecule has 0 aliphatic rings. The minimum absolute atomic E-state index is 0.114. The van der Waals surface area contributed by atoms with Crippen molar-refractivity contribution in [3.63, 3.8) is 0 Å². The number of halogens is 1. The van der Waals surface area contributed by atoms with Crippen molar-refractivity contribution in [1.82, 2.24) is 9.78 Å². The molecule has 0 amide bonds. The number of aromatic nitrogens is 2. The highest BCUT2D eigenvalue weighted by Crippen LogP contribution is 2.19. The molecule has 112 valence electrons. The summed E-state index contributed by atoms with van der Waals surface area (Å²) in [4.78, 5) is 12.0. The Hall–Kier alpha value is -1.66. The van der Waals surface area contributed by atoms with Gasteiger partial charge in [0.05, 0.1) is 25.0 Å². The van der Waals surface area contributed by atoms with Gasteiger partial charge in [-0.05, 0) is 27.4 Å². The first kappa shape index (κ1) is 15.7. The Bertz CT molecular complexity index is 643. The second-order valence-electron chi connectivity index (χ2n) is 4.82. The number of hydrogen-bond donors (Lipinski definition) is 2. The van der Waals surface area contributed by atoms with E-state index in [1.54, 1.807) is 6.20 Å². The monoisotopic (exact) mass is 351 g/mol. The number of rotatable bonds is 6. The predicted octanol–water partition coefficient (Wildman–Crippen LogP) is 2.21. The van der Waals surface area contributed by atoms with Crippen molar-refractivity contribution < 1.29 is 5.11 Å². The van der Waals surface area contributed by atoms with Crippen LogP contribution in [0.25, 0.3) is 0 Å². The van der Waals surface area contributed by atoms with Gasteiger partial charge in [-0.15, -0.1) is 0 Å². The SMILES string of the molecule is CC(CNc1cnn(CCO)c(=O)c1Br)c1ccccc1. The Morgan fingerprint density at radius 3 is 2.76 bits per heavy atom. The number of hydrogen-bond acceptors (Lipinski definition) is 4. The van der Waals surface area contributed by atoms with E-state index < -0.39 is 0 Å². The van der Waals surface area contributed by atoms with Crippen LogP contribution in [0.4, 0.5) is 5.69 Å². The molecule has 0 radical (unpaired) electrons. The van der Waals surface area contributed by atoms with Gasteiger partial charge in [0, 0.05) is 6.54 Å². The fourth-order valence-electron chi connectivity index (χ4n) is 2.00. The molecule has 2 N–H and O–H groups in total.